The number of ether oxygens (including phenoxy) is 2. The summed E-state index contributed by atoms with van der Waals surface area (Å²) in [5.74, 6) is 0.0952. The van der Waals surface area contributed by atoms with Crippen molar-refractivity contribution in [3.8, 4) is 11.5 Å². The molecule has 0 bridgehead atoms. The third-order valence-corrected chi connectivity index (χ3v) is 4.27. The quantitative estimate of drug-likeness (QED) is 0.349. The highest BCUT2D eigenvalue weighted by molar-refractivity contribution is 9.10. The SMILES string of the molecule is O=C(Oc1ccc2c(c1)OC(=Cc1ccc(Br)cc1)C2=O)c1ccco1. The van der Waals surface area contributed by atoms with E-state index < -0.39 is 5.97 Å². The van der Waals surface area contributed by atoms with E-state index in [4.69, 9.17) is 13.9 Å². The second kappa shape index (κ2) is 6.65. The normalized spacial score (nSPS) is 14.2. The van der Waals surface area contributed by atoms with Gasteiger partial charge in [0, 0.05) is 10.5 Å². The molecule has 1 aliphatic rings. The molecule has 0 saturated carbocycles. The fourth-order valence-corrected chi connectivity index (χ4v) is 2.76. The molecule has 0 aliphatic carbocycles. The largest absolute Gasteiger partial charge is 0.457 e. The highest BCUT2D eigenvalue weighted by atomic mass is 79.9. The molecule has 5 nitrogen and oxygen atoms in total. The number of carbonyl (C=O) groups excluding carboxylic acids is 2. The van der Waals surface area contributed by atoms with E-state index in [1.54, 1.807) is 24.3 Å². The minimum atomic E-state index is -0.620. The third kappa shape index (κ3) is 3.19. The molecule has 4 rings (SSSR count). The van der Waals surface area contributed by atoms with E-state index in [0.717, 1.165) is 10.0 Å². The number of carbonyl (C=O) groups is 2. The van der Waals surface area contributed by atoms with Crippen LogP contribution in [0.15, 0.2) is 75.5 Å². The maximum Gasteiger partial charge on any atom is 0.379 e. The fraction of sp³-hybridized carbons (Fsp3) is 0. The van der Waals surface area contributed by atoms with Crippen molar-refractivity contribution in [3.63, 3.8) is 0 Å². The van der Waals surface area contributed by atoms with Crippen LogP contribution in [0.1, 0.15) is 26.5 Å². The smallest absolute Gasteiger partial charge is 0.379 e. The lowest BCUT2D eigenvalue weighted by molar-refractivity contribution is 0.0701. The summed E-state index contributed by atoms with van der Waals surface area (Å²) < 4.78 is 16.8. The zero-order valence-corrected chi connectivity index (χ0v) is 14.9. The van der Waals surface area contributed by atoms with Crippen LogP contribution in [0.3, 0.4) is 0 Å². The van der Waals surface area contributed by atoms with Crippen LogP contribution in [-0.4, -0.2) is 11.8 Å². The monoisotopic (exact) mass is 410 g/mol. The van der Waals surface area contributed by atoms with Crippen molar-refractivity contribution in [2.75, 3.05) is 0 Å². The summed E-state index contributed by atoms with van der Waals surface area (Å²) in [6.45, 7) is 0. The van der Waals surface area contributed by atoms with Crippen LogP contribution in [-0.2, 0) is 0 Å². The van der Waals surface area contributed by atoms with Crippen LogP contribution >= 0.6 is 15.9 Å². The van der Waals surface area contributed by atoms with Gasteiger partial charge >= 0.3 is 5.97 Å². The highest BCUT2D eigenvalue weighted by Crippen LogP contribution is 2.35. The van der Waals surface area contributed by atoms with Crippen LogP contribution in [0.2, 0.25) is 0 Å². The van der Waals surface area contributed by atoms with E-state index in [1.165, 1.54) is 18.4 Å². The Hall–Kier alpha value is -3.12. The molecule has 1 aliphatic heterocycles. The van der Waals surface area contributed by atoms with Gasteiger partial charge in [0.15, 0.2) is 5.76 Å². The summed E-state index contributed by atoms with van der Waals surface area (Å²) in [5, 5.41) is 0. The highest BCUT2D eigenvalue weighted by Gasteiger charge is 2.28. The van der Waals surface area contributed by atoms with Crippen LogP contribution in [0.4, 0.5) is 0 Å². The van der Waals surface area contributed by atoms with Gasteiger partial charge in [-0.1, -0.05) is 28.1 Å². The zero-order chi connectivity index (χ0) is 18.1. The Bertz CT molecular complexity index is 1020. The van der Waals surface area contributed by atoms with Gasteiger partial charge in [0.2, 0.25) is 11.5 Å². The second-order valence-electron chi connectivity index (χ2n) is 5.52. The molecule has 2 aromatic carbocycles. The number of esters is 1. The average molecular weight is 411 g/mol. The Morgan fingerprint density at radius 2 is 1.88 bits per heavy atom. The summed E-state index contributed by atoms with van der Waals surface area (Å²) in [6.07, 6.45) is 3.06. The molecular weight excluding hydrogens is 400 g/mol. The summed E-state index contributed by atoms with van der Waals surface area (Å²) >= 11 is 3.37. The lowest BCUT2D eigenvalue weighted by Gasteiger charge is -2.04. The van der Waals surface area contributed by atoms with Crippen LogP contribution < -0.4 is 9.47 Å². The first-order valence-electron chi connectivity index (χ1n) is 7.70. The van der Waals surface area contributed by atoms with Gasteiger partial charge in [0.05, 0.1) is 11.8 Å². The van der Waals surface area contributed by atoms with Gasteiger partial charge in [-0.3, -0.25) is 4.79 Å². The molecule has 0 unspecified atom stereocenters. The number of allylic oxidation sites excluding steroid dienone is 1. The van der Waals surface area contributed by atoms with Gasteiger partial charge in [0.25, 0.3) is 0 Å². The predicted octanol–water partition coefficient (Wildman–Crippen LogP) is 4.88. The number of Topliss-reactive ketones (excluding diaryl/α,β-unsaturated/α-hetero) is 1. The van der Waals surface area contributed by atoms with Crippen LogP contribution in [0.5, 0.6) is 11.5 Å². The first-order valence-corrected chi connectivity index (χ1v) is 8.49. The molecule has 0 radical (unpaired) electrons. The van der Waals surface area contributed by atoms with Gasteiger partial charge in [-0.15, -0.1) is 0 Å². The van der Waals surface area contributed by atoms with E-state index in [2.05, 4.69) is 15.9 Å². The minimum Gasteiger partial charge on any atom is -0.457 e. The van der Waals surface area contributed by atoms with Crippen molar-refractivity contribution in [1.82, 2.24) is 0 Å². The summed E-state index contributed by atoms with van der Waals surface area (Å²) in [6, 6.07) is 15.2. The molecule has 6 heteroatoms. The Morgan fingerprint density at radius 3 is 2.62 bits per heavy atom. The van der Waals surface area contributed by atoms with Crippen molar-refractivity contribution in [3.05, 3.63) is 88.0 Å². The maximum absolute atomic E-state index is 12.5. The number of ketones is 1. The minimum absolute atomic E-state index is 0.0957. The topological polar surface area (TPSA) is 65.7 Å². The summed E-state index contributed by atoms with van der Waals surface area (Å²) in [4.78, 5) is 24.4. The molecule has 128 valence electrons. The van der Waals surface area contributed by atoms with Crippen LogP contribution in [0.25, 0.3) is 6.08 Å². The zero-order valence-electron chi connectivity index (χ0n) is 13.3. The maximum atomic E-state index is 12.5. The first kappa shape index (κ1) is 16.4. The average Bonchev–Trinajstić information content (AvgIpc) is 3.26. The Kier molecular flexibility index (Phi) is 4.18. The van der Waals surface area contributed by atoms with Gasteiger partial charge in [0.1, 0.15) is 11.5 Å². The number of benzene rings is 2. The lowest BCUT2D eigenvalue weighted by Crippen LogP contribution is -2.07. The van der Waals surface area contributed by atoms with Crippen molar-refractivity contribution in [1.29, 1.82) is 0 Å². The molecular formula is C20H11BrO5. The van der Waals surface area contributed by atoms with Gasteiger partial charge < -0.3 is 13.9 Å². The van der Waals surface area contributed by atoms with E-state index in [1.807, 2.05) is 24.3 Å². The number of hydrogen-bond donors (Lipinski definition) is 0. The summed E-state index contributed by atoms with van der Waals surface area (Å²) in [5.41, 5.74) is 1.26. The predicted molar refractivity (Wildman–Crippen MR) is 97.2 cm³/mol. The van der Waals surface area contributed by atoms with E-state index >= 15 is 0 Å². The van der Waals surface area contributed by atoms with E-state index in [9.17, 15) is 9.59 Å². The number of fused-ring (bicyclic) bond motifs is 1. The van der Waals surface area contributed by atoms with Crippen molar-refractivity contribution < 1.29 is 23.5 Å². The van der Waals surface area contributed by atoms with Crippen LogP contribution in [0, 0.1) is 0 Å². The van der Waals surface area contributed by atoms with Gasteiger partial charge in [-0.25, -0.2) is 4.79 Å². The first-order chi connectivity index (χ1) is 12.6. The molecule has 0 N–H and O–H groups in total. The number of halogens is 1. The molecule has 2 heterocycles. The number of hydrogen-bond acceptors (Lipinski definition) is 5. The Morgan fingerprint density at radius 1 is 1.08 bits per heavy atom. The molecule has 0 amide bonds. The Balaban J connectivity index is 1.56. The fourth-order valence-electron chi connectivity index (χ4n) is 2.49. The van der Waals surface area contributed by atoms with Crippen molar-refractivity contribution in [2.45, 2.75) is 0 Å². The van der Waals surface area contributed by atoms with Gasteiger partial charge in [-0.2, -0.15) is 0 Å². The molecule has 0 saturated heterocycles. The van der Waals surface area contributed by atoms with Crippen molar-refractivity contribution >= 4 is 33.8 Å². The lowest BCUT2D eigenvalue weighted by atomic mass is 10.1. The molecule has 0 atom stereocenters. The number of furan rings is 1. The Labute approximate surface area is 157 Å². The number of rotatable bonds is 3. The van der Waals surface area contributed by atoms with Gasteiger partial charge in [-0.05, 0) is 48.0 Å². The second-order valence-corrected chi connectivity index (χ2v) is 6.43. The molecule has 26 heavy (non-hydrogen) atoms. The third-order valence-electron chi connectivity index (χ3n) is 3.74. The summed E-state index contributed by atoms with van der Waals surface area (Å²) in [7, 11) is 0. The van der Waals surface area contributed by atoms with E-state index in [0.29, 0.717) is 11.3 Å². The molecule has 0 spiro atoms. The molecule has 3 aromatic rings. The van der Waals surface area contributed by atoms with Crippen molar-refractivity contribution in [2.24, 2.45) is 0 Å². The molecule has 0 fully saturated rings. The standard InChI is InChI=1S/C20H11BrO5/c21-13-5-3-12(4-6-13)10-18-19(22)15-8-7-14(11-17(15)26-18)25-20(23)16-2-1-9-24-16/h1-11H. The van der Waals surface area contributed by atoms with E-state index in [-0.39, 0.29) is 23.1 Å². The molecule has 1 aromatic heterocycles.